The molecule has 0 saturated carbocycles. The Kier molecular flexibility index (Phi) is 5.89. The van der Waals surface area contributed by atoms with Crippen molar-refractivity contribution in [3.05, 3.63) is 23.5 Å². The molecule has 0 aliphatic heterocycles. The number of unbranched alkanes of at least 4 members (excludes halogenated alkanes) is 1. The predicted octanol–water partition coefficient (Wildman–Crippen LogP) is 2.70. The van der Waals surface area contributed by atoms with Crippen LogP contribution in [0.4, 0.5) is 0 Å². The average Bonchev–Trinajstić information content (AvgIpc) is 2.96. The maximum atomic E-state index is 12.5. The lowest BCUT2D eigenvalue weighted by molar-refractivity contribution is -0.137. The number of carbonyl (C=O) groups excluding carboxylic acids is 1. The molecule has 0 saturated heterocycles. The minimum atomic E-state index is -0.815. The second-order valence-corrected chi connectivity index (χ2v) is 6.00. The lowest BCUT2D eigenvalue weighted by Gasteiger charge is -2.11. The molecule has 2 aromatic rings. The molecule has 0 aromatic carbocycles. The van der Waals surface area contributed by atoms with Crippen LogP contribution in [0, 0.1) is 6.92 Å². The average molecular weight is 332 g/mol. The van der Waals surface area contributed by atoms with Crippen LogP contribution in [-0.2, 0) is 4.79 Å². The molecule has 0 fully saturated rings. The Labute approximate surface area is 141 Å². The van der Waals surface area contributed by atoms with Crippen molar-refractivity contribution < 1.29 is 14.7 Å². The molecule has 0 radical (unpaired) electrons. The van der Waals surface area contributed by atoms with Crippen LogP contribution in [-0.4, -0.2) is 38.3 Å². The van der Waals surface area contributed by atoms with Crippen molar-refractivity contribution >= 4 is 22.9 Å². The Morgan fingerprint density at radius 1 is 1.38 bits per heavy atom. The van der Waals surface area contributed by atoms with Crippen molar-refractivity contribution in [3.8, 4) is 0 Å². The SMILES string of the molecule is CCC(C)n1ncc2c(C(=O)NCCCCC(=O)O)cc(C)nc21. The molecule has 24 heavy (non-hydrogen) atoms. The van der Waals surface area contributed by atoms with E-state index in [9.17, 15) is 9.59 Å². The van der Waals surface area contributed by atoms with Gasteiger partial charge in [0.25, 0.3) is 5.91 Å². The van der Waals surface area contributed by atoms with Crippen molar-refractivity contribution in [2.45, 2.75) is 52.5 Å². The van der Waals surface area contributed by atoms with Crippen molar-refractivity contribution in [1.82, 2.24) is 20.1 Å². The Bertz CT molecular complexity index is 739. The Hall–Kier alpha value is -2.44. The van der Waals surface area contributed by atoms with Crippen LogP contribution in [0.2, 0.25) is 0 Å². The number of amides is 1. The van der Waals surface area contributed by atoms with Gasteiger partial charge in [-0.05, 0) is 39.2 Å². The minimum absolute atomic E-state index is 0.121. The highest BCUT2D eigenvalue weighted by Crippen LogP contribution is 2.22. The van der Waals surface area contributed by atoms with Gasteiger partial charge in [0.2, 0.25) is 0 Å². The fraction of sp³-hybridized carbons (Fsp3) is 0.529. The van der Waals surface area contributed by atoms with Crippen LogP contribution < -0.4 is 5.32 Å². The van der Waals surface area contributed by atoms with Crippen molar-refractivity contribution in [3.63, 3.8) is 0 Å². The second-order valence-electron chi connectivity index (χ2n) is 6.00. The van der Waals surface area contributed by atoms with Crippen molar-refractivity contribution in [2.75, 3.05) is 6.54 Å². The maximum Gasteiger partial charge on any atom is 0.303 e. The van der Waals surface area contributed by atoms with Crippen LogP contribution in [0.3, 0.4) is 0 Å². The van der Waals surface area contributed by atoms with Gasteiger partial charge in [0.05, 0.1) is 23.2 Å². The van der Waals surface area contributed by atoms with Gasteiger partial charge in [-0.15, -0.1) is 0 Å². The summed E-state index contributed by atoms with van der Waals surface area (Å²) in [5, 5.41) is 16.6. The van der Waals surface area contributed by atoms with Gasteiger partial charge in [-0.25, -0.2) is 9.67 Å². The molecule has 0 aliphatic carbocycles. The molecule has 7 nitrogen and oxygen atoms in total. The van der Waals surface area contributed by atoms with Crippen LogP contribution in [0.1, 0.15) is 61.6 Å². The molecule has 1 atom stereocenters. The summed E-state index contributed by atoms with van der Waals surface area (Å²) in [6, 6.07) is 1.97. The highest BCUT2D eigenvalue weighted by molar-refractivity contribution is 6.05. The number of nitrogens with zero attached hydrogens (tertiary/aromatic N) is 3. The molecule has 0 bridgehead atoms. The summed E-state index contributed by atoms with van der Waals surface area (Å²) in [5.74, 6) is -0.991. The Balaban J connectivity index is 2.14. The number of fused-ring (bicyclic) bond motifs is 1. The molecule has 7 heteroatoms. The molecule has 2 N–H and O–H groups in total. The van der Waals surface area contributed by atoms with Gasteiger partial charge in [-0.1, -0.05) is 6.92 Å². The zero-order valence-electron chi connectivity index (χ0n) is 14.4. The smallest absolute Gasteiger partial charge is 0.303 e. The first-order chi connectivity index (χ1) is 11.4. The fourth-order valence-electron chi connectivity index (χ4n) is 2.52. The zero-order chi connectivity index (χ0) is 17.7. The minimum Gasteiger partial charge on any atom is -0.481 e. The van der Waals surface area contributed by atoms with E-state index in [1.165, 1.54) is 0 Å². The molecule has 2 aromatic heterocycles. The zero-order valence-corrected chi connectivity index (χ0v) is 14.4. The Morgan fingerprint density at radius 3 is 2.79 bits per heavy atom. The number of aromatic nitrogens is 3. The number of aryl methyl sites for hydroxylation is 1. The molecule has 1 unspecified atom stereocenters. The highest BCUT2D eigenvalue weighted by Gasteiger charge is 2.17. The molecule has 1 amide bonds. The van der Waals surface area contributed by atoms with E-state index in [-0.39, 0.29) is 18.4 Å². The van der Waals surface area contributed by atoms with E-state index in [2.05, 4.69) is 29.2 Å². The van der Waals surface area contributed by atoms with E-state index in [0.29, 0.717) is 24.9 Å². The molecule has 130 valence electrons. The quantitative estimate of drug-likeness (QED) is 0.724. The number of hydrogen-bond donors (Lipinski definition) is 2. The number of rotatable bonds is 8. The fourth-order valence-corrected chi connectivity index (χ4v) is 2.52. The summed E-state index contributed by atoms with van der Waals surface area (Å²) in [6.07, 6.45) is 3.92. The summed E-state index contributed by atoms with van der Waals surface area (Å²) >= 11 is 0. The van der Waals surface area contributed by atoms with Crippen LogP contribution in [0.15, 0.2) is 12.3 Å². The summed E-state index contributed by atoms with van der Waals surface area (Å²) in [5.41, 5.74) is 2.05. The summed E-state index contributed by atoms with van der Waals surface area (Å²) in [6.45, 7) is 6.46. The topological polar surface area (TPSA) is 97.1 Å². The van der Waals surface area contributed by atoms with Crippen molar-refractivity contribution in [1.29, 1.82) is 0 Å². The highest BCUT2D eigenvalue weighted by atomic mass is 16.4. The number of pyridine rings is 1. The van der Waals surface area contributed by atoms with Gasteiger partial charge in [-0.3, -0.25) is 9.59 Å². The number of hydrogen-bond acceptors (Lipinski definition) is 4. The summed E-state index contributed by atoms with van der Waals surface area (Å²) in [4.78, 5) is 27.5. The van der Waals surface area contributed by atoms with E-state index in [0.717, 1.165) is 23.1 Å². The third kappa shape index (κ3) is 4.10. The second kappa shape index (κ2) is 7.90. The number of carboxylic acids is 1. The molecule has 2 rings (SSSR count). The molecule has 0 spiro atoms. The number of carbonyl (C=O) groups is 2. The van der Waals surface area contributed by atoms with Gasteiger partial charge < -0.3 is 10.4 Å². The van der Waals surface area contributed by atoms with E-state index in [1.54, 1.807) is 12.3 Å². The Morgan fingerprint density at radius 2 is 2.12 bits per heavy atom. The first-order valence-electron chi connectivity index (χ1n) is 8.28. The third-order valence-electron chi connectivity index (χ3n) is 4.05. The monoisotopic (exact) mass is 332 g/mol. The number of carboxylic acid groups (broad SMARTS) is 1. The van der Waals surface area contributed by atoms with Gasteiger partial charge in [0.15, 0.2) is 5.65 Å². The van der Waals surface area contributed by atoms with Crippen LogP contribution in [0.25, 0.3) is 11.0 Å². The normalized spacial score (nSPS) is 12.3. The van der Waals surface area contributed by atoms with E-state index < -0.39 is 5.97 Å². The first kappa shape index (κ1) is 17.9. The van der Waals surface area contributed by atoms with Crippen molar-refractivity contribution in [2.24, 2.45) is 0 Å². The molecular weight excluding hydrogens is 308 g/mol. The van der Waals surface area contributed by atoms with Gasteiger partial charge in [0.1, 0.15) is 0 Å². The predicted molar refractivity (Wildman–Crippen MR) is 91.1 cm³/mol. The number of aliphatic carboxylic acids is 1. The summed E-state index contributed by atoms with van der Waals surface area (Å²) < 4.78 is 1.85. The van der Waals surface area contributed by atoms with Gasteiger partial charge in [-0.2, -0.15) is 5.10 Å². The lowest BCUT2D eigenvalue weighted by Crippen LogP contribution is -2.25. The standard InChI is InChI=1S/C17H24N4O3/c1-4-12(3)21-16-14(10-19-21)13(9-11(2)20-16)17(24)18-8-6-5-7-15(22)23/h9-10,12H,4-8H2,1-3H3,(H,18,24)(H,22,23). The maximum absolute atomic E-state index is 12.5. The number of nitrogens with one attached hydrogen (secondary N) is 1. The van der Waals surface area contributed by atoms with Crippen LogP contribution in [0.5, 0.6) is 0 Å². The molecule has 0 aliphatic rings. The molecule has 2 heterocycles. The lowest BCUT2D eigenvalue weighted by atomic mass is 10.1. The van der Waals surface area contributed by atoms with E-state index in [4.69, 9.17) is 5.11 Å². The van der Waals surface area contributed by atoms with Gasteiger partial charge >= 0.3 is 5.97 Å². The summed E-state index contributed by atoms with van der Waals surface area (Å²) in [7, 11) is 0. The third-order valence-corrected chi connectivity index (χ3v) is 4.05. The first-order valence-corrected chi connectivity index (χ1v) is 8.28. The largest absolute Gasteiger partial charge is 0.481 e. The van der Waals surface area contributed by atoms with Gasteiger partial charge in [0, 0.05) is 18.7 Å². The molecular formula is C17H24N4O3. The van der Waals surface area contributed by atoms with E-state index >= 15 is 0 Å². The van der Waals surface area contributed by atoms with Crippen LogP contribution >= 0.6 is 0 Å². The van der Waals surface area contributed by atoms with E-state index in [1.807, 2.05) is 11.6 Å².